The third-order valence-electron chi connectivity index (χ3n) is 1.56. The van der Waals surface area contributed by atoms with Gasteiger partial charge in [0.25, 0.3) is 30.4 Å². The average molecular weight is 241 g/mol. The molecule has 0 aliphatic rings. The Bertz CT molecular complexity index is 327. The van der Waals surface area contributed by atoms with Crippen molar-refractivity contribution in [2.45, 2.75) is 12.7 Å². The Morgan fingerprint density at radius 2 is 1.19 bits per heavy atom. The Morgan fingerprint density at radius 1 is 0.938 bits per heavy atom. The average Bonchev–Trinajstić information content (AvgIpc) is 2.28. The first-order chi connectivity index (χ1) is 7.39. The minimum atomic E-state index is -3.20. The van der Waals surface area contributed by atoms with Crippen LogP contribution in [0, 0.1) is 0 Å². The van der Waals surface area contributed by atoms with Crippen molar-refractivity contribution >= 4 is 5.78 Å². The van der Waals surface area contributed by atoms with Gasteiger partial charge in [-0.05, 0) is 0 Å². The fourth-order valence-electron chi connectivity index (χ4n) is 0.850. The summed E-state index contributed by atoms with van der Waals surface area (Å²) in [6.45, 7) is 0.678. The Labute approximate surface area is 86.1 Å². The van der Waals surface area contributed by atoms with Gasteiger partial charge in [0, 0.05) is 6.92 Å². The first-order valence-corrected chi connectivity index (χ1v) is 3.42. The zero-order chi connectivity index (χ0) is 12.9. The van der Waals surface area contributed by atoms with Gasteiger partial charge in [-0.1, -0.05) is 0 Å². The van der Waals surface area contributed by atoms with Crippen LogP contribution in [0.2, 0.25) is 0 Å². The SMILES string of the molecule is CC(=O)C(/[N+](O)=N/O)(/[N+](O)=N/O)/[N+](O)=N/O. The second kappa shape index (κ2) is 4.67. The second-order valence-corrected chi connectivity index (χ2v) is 2.33. The lowest BCUT2D eigenvalue weighted by molar-refractivity contribution is -1.19. The molecule has 16 heavy (non-hydrogen) atoms. The van der Waals surface area contributed by atoms with Crippen molar-refractivity contribution in [2.24, 2.45) is 15.8 Å². The summed E-state index contributed by atoms with van der Waals surface area (Å²) < 4.78 is 0. The van der Waals surface area contributed by atoms with Gasteiger partial charge >= 0.3 is 11.6 Å². The fraction of sp³-hybridized carbons (Fsp3) is 0.667. The monoisotopic (exact) mass is 241 g/mol. The molecule has 0 rings (SSSR count). The van der Waals surface area contributed by atoms with Crippen molar-refractivity contribution < 1.29 is 50.6 Å². The second-order valence-electron chi connectivity index (χ2n) is 2.33. The quantitative estimate of drug-likeness (QED) is 0.157. The minimum absolute atomic E-state index is 0.678. The maximum absolute atomic E-state index is 11.1. The molecule has 0 atom stereocenters. The van der Waals surface area contributed by atoms with Gasteiger partial charge in [0.15, 0.2) is 0 Å². The van der Waals surface area contributed by atoms with Crippen molar-refractivity contribution in [3.63, 3.8) is 0 Å². The zero-order valence-electron chi connectivity index (χ0n) is 7.77. The van der Waals surface area contributed by atoms with Crippen LogP contribution in [-0.4, -0.2) is 57.4 Å². The molecule has 0 bridgehead atoms. The Hall–Kier alpha value is -2.73. The van der Waals surface area contributed by atoms with E-state index in [0.29, 0.717) is 6.92 Å². The lowest BCUT2D eigenvalue weighted by Crippen LogP contribution is -2.61. The number of carbonyl (C=O) groups excluding carboxylic acids is 1. The molecule has 0 saturated heterocycles. The van der Waals surface area contributed by atoms with E-state index in [1.54, 1.807) is 0 Å². The molecule has 13 nitrogen and oxygen atoms in total. The van der Waals surface area contributed by atoms with E-state index in [2.05, 4.69) is 0 Å². The molecular formula is C3H9N6O7+3. The van der Waals surface area contributed by atoms with Crippen LogP contribution >= 0.6 is 0 Å². The van der Waals surface area contributed by atoms with Gasteiger partial charge in [-0.2, -0.15) is 0 Å². The summed E-state index contributed by atoms with van der Waals surface area (Å²) >= 11 is 0. The molecule has 13 heteroatoms. The number of nitrogens with zero attached hydrogens (tertiary/aromatic N) is 6. The van der Waals surface area contributed by atoms with Crippen molar-refractivity contribution in [3.05, 3.63) is 0 Å². The molecule has 6 N–H and O–H groups in total. The van der Waals surface area contributed by atoms with Crippen LogP contribution in [0.1, 0.15) is 6.92 Å². The molecule has 0 fully saturated rings. The summed E-state index contributed by atoms with van der Waals surface area (Å²) in [4.78, 5) is 8.97. The van der Waals surface area contributed by atoms with Crippen LogP contribution in [0.25, 0.3) is 0 Å². The highest BCUT2D eigenvalue weighted by Crippen LogP contribution is 2.13. The van der Waals surface area contributed by atoms with Crippen molar-refractivity contribution in [3.8, 4) is 0 Å². The molecule has 90 valence electrons. The maximum Gasteiger partial charge on any atom is 0.813 e. The van der Waals surface area contributed by atoms with Crippen LogP contribution in [0.4, 0.5) is 0 Å². The summed E-state index contributed by atoms with van der Waals surface area (Å²) in [5, 5.41) is 57.8. The van der Waals surface area contributed by atoms with E-state index < -0.39 is 26.2 Å². The molecule has 0 aromatic heterocycles. The highest BCUT2D eigenvalue weighted by atomic mass is 16.7. The standard InChI is InChI=1S/C3H6N6O7/c1-2(10)3(7(14)4-11,8(15)5-12)9(16)6-13/h14-16H,1H3/p+3. The van der Waals surface area contributed by atoms with Gasteiger partial charge in [-0.15, -0.1) is 0 Å². The smallest absolute Gasteiger partial charge is 0.359 e. The number of hydrogen-bond acceptors (Lipinski definition) is 4. The molecule has 0 spiro atoms. The first-order valence-electron chi connectivity index (χ1n) is 3.42. The summed E-state index contributed by atoms with van der Waals surface area (Å²) in [5.74, 6) is -4.54. The number of hydroxylamine groups is 3. The highest BCUT2D eigenvalue weighted by Gasteiger charge is 2.84. The molecule has 0 saturated carbocycles. The van der Waals surface area contributed by atoms with E-state index in [-0.39, 0.29) is 0 Å². The van der Waals surface area contributed by atoms with Gasteiger partial charge in [0.1, 0.15) is 0 Å². The van der Waals surface area contributed by atoms with Crippen molar-refractivity contribution in [1.29, 1.82) is 0 Å². The van der Waals surface area contributed by atoms with Crippen LogP contribution in [0.3, 0.4) is 0 Å². The van der Waals surface area contributed by atoms with Crippen LogP contribution in [0.5, 0.6) is 0 Å². The third-order valence-corrected chi connectivity index (χ3v) is 1.56. The van der Waals surface area contributed by atoms with E-state index in [4.69, 9.17) is 31.2 Å². The molecule has 0 aliphatic carbocycles. The number of ketones is 1. The lowest BCUT2D eigenvalue weighted by atomic mass is 10.2. The summed E-state index contributed by atoms with van der Waals surface area (Å²) in [7, 11) is 0. The number of carbonyl (C=O) groups is 1. The van der Waals surface area contributed by atoms with Gasteiger partial charge in [0.05, 0.1) is 0 Å². The lowest BCUT2D eigenvalue weighted by Gasteiger charge is -1.98. The molecular weight excluding hydrogens is 232 g/mol. The van der Waals surface area contributed by atoms with Gasteiger partial charge < -0.3 is 15.6 Å². The molecule has 0 unspecified atom stereocenters. The highest BCUT2D eigenvalue weighted by molar-refractivity contribution is 5.80. The number of hydrogen-bond donors (Lipinski definition) is 6. The fourth-order valence-corrected chi connectivity index (χ4v) is 0.850. The molecule has 0 aromatic carbocycles. The van der Waals surface area contributed by atoms with Gasteiger partial charge in [-0.3, -0.25) is 20.4 Å². The Balaban J connectivity index is 6.13. The van der Waals surface area contributed by atoms with Crippen molar-refractivity contribution in [1.82, 2.24) is 0 Å². The van der Waals surface area contributed by atoms with Crippen LogP contribution < -0.4 is 0 Å². The molecule has 0 aliphatic heterocycles. The predicted octanol–water partition coefficient (Wildman–Crippen LogP) is -1.04. The van der Waals surface area contributed by atoms with E-state index in [1.807, 2.05) is 15.8 Å². The van der Waals surface area contributed by atoms with Crippen molar-refractivity contribution in [2.75, 3.05) is 0 Å². The third kappa shape index (κ3) is 1.60. The number of rotatable bonds is 4. The van der Waals surface area contributed by atoms with Gasteiger partial charge in [0.2, 0.25) is 0 Å². The predicted molar refractivity (Wildman–Crippen MR) is 32.2 cm³/mol. The van der Waals surface area contributed by atoms with Crippen LogP contribution in [-0.2, 0) is 4.79 Å². The van der Waals surface area contributed by atoms with E-state index in [1.165, 1.54) is 0 Å². The Kier molecular flexibility index (Phi) is 3.87. The molecule has 0 aromatic rings. The van der Waals surface area contributed by atoms with E-state index in [9.17, 15) is 4.79 Å². The number of Topliss-reactive ketones (excluding diaryl/α,β-unsaturated/α-hetero) is 1. The van der Waals surface area contributed by atoms with E-state index in [0.717, 1.165) is 0 Å². The maximum atomic E-state index is 11.1. The van der Waals surface area contributed by atoms with Gasteiger partial charge in [-0.25, -0.2) is 0 Å². The minimum Gasteiger partial charge on any atom is -0.359 e. The summed E-state index contributed by atoms with van der Waals surface area (Å²) in [6, 6.07) is 0. The molecule has 0 amide bonds. The normalized spacial score (nSPS) is 14.9. The van der Waals surface area contributed by atoms with E-state index >= 15 is 0 Å². The zero-order valence-corrected chi connectivity index (χ0v) is 7.77. The Morgan fingerprint density at radius 3 is 1.31 bits per heavy atom. The summed E-state index contributed by atoms with van der Waals surface area (Å²) in [5.41, 5.74) is 0. The first kappa shape index (κ1) is 13.3. The molecule has 0 heterocycles. The topological polar surface area (TPSA) is 185 Å². The largest absolute Gasteiger partial charge is 0.813 e. The summed E-state index contributed by atoms with van der Waals surface area (Å²) in [6.07, 6.45) is 0. The van der Waals surface area contributed by atoms with Crippen LogP contribution in [0.15, 0.2) is 15.8 Å². The molecule has 0 radical (unpaired) electrons.